The van der Waals surface area contributed by atoms with Gasteiger partial charge in [0.25, 0.3) is 5.91 Å². The van der Waals surface area contributed by atoms with Crippen molar-refractivity contribution in [2.24, 2.45) is 4.99 Å². The third-order valence-corrected chi connectivity index (χ3v) is 6.14. The number of nitrogens with one attached hydrogen (secondary N) is 1. The number of ether oxygens (including phenoxy) is 1. The van der Waals surface area contributed by atoms with E-state index in [4.69, 9.17) is 4.74 Å². The molecule has 1 atom stereocenters. The number of benzene rings is 2. The standard InChI is InChI=1S/C26H21F3N4O3/c27-26(28,29)19-4-3-5-20(14-19)31-22(34)15-33-24(35)23(32-25(33)11-13-36-16-25)18-9-7-17(8-10-18)21-6-1-2-12-30-21/h1-10,12,14H,11,13,15-16H2,(H,31,34). The van der Waals surface area contributed by atoms with Crippen LogP contribution in [-0.4, -0.2) is 52.8 Å². The van der Waals surface area contributed by atoms with Crippen LogP contribution in [0.3, 0.4) is 0 Å². The Morgan fingerprint density at radius 1 is 1.06 bits per heavy atom. The van der Waals surface area contributed by atoms with Crippen LogP contribution >= 0.6 is 0 Å². The molecule has 2 aliphatic heterocycles. The van der Waals surface area contributed by atoms with E-state index in [2.05, 4.69) is 15.3 Å². The van der Waals surface area contributed by atoms with E-state index in [1.165, 1.54) is 17.0 Å². The maximum Gasteiger partial charge on any atom is 0.416 e. The molecule has 0 bridgehead atoms. The van der Waals surface area contributed by atoms with Gasteiger partial charge in [-0.3, -0.25) is 14.6 Å². The number of pyridine rings is 1. The number of carbonyl (C=O) groups is 2. The summed E-state index contributed by atoms with van der Waals surface area (Å²) < 4.78 is 44.5. The van der Waals surface area contributed by atoms with Gasteiger partial charge in [0, 0.05) is 29.4 Å². The Labute approximate surface area is 204 Å². The van der Waals surface area contributed by atoms with Crippen LogP contribution in [0.5, 0.6) is 0 Å². The number of nitrogens with zero attached hydrogens (tertiary/aromatic N) is 3. The number of aliphatic imine (C=N–C) groups is 1. The van der Waals surface area contributed by atoms with Crippen LogP contribution in [0, 0.1) is 0 Å². The number of alkyl halides is 3. The van der Waals surface area contributed by atoms with Crippen LogP contribution in [0.2, 0.25) is 0 Å². The predicted octanol–water partition coefficient (Wildman–Crippen LogP) is 4.15. The molecule has 5 rings (SSSR count). The lowest BCUT2D eigenvalue weighted by atomic mass is 10.0. The summed E-state index contributed by atoms with van der Waals surface area (Å²) in [4.78, 5) is 36.5. The Kier molecular flexibility index (Phi) is 6.05. The number of rotatable bonds is 5. The van der Waals surface area contributed by atoms with Gasteiger partial charge >= 0.3 is 6.18 Å². The van der Waals surface area contributed by atoms with E-state index in [0.717, 1.165) is 23.4 Å². The van der Waals surface area contributed by atoms with Gasteiger partial charge in [0.1, 0.15) is 12.3 Å². The lowest BCUT2D eigenvalue weighted by molar-refractivity contribution is -0.137. The van der Waals surface area contributed by atoms with Crippen molar-refractivity contribution < 1.29 is 27.5 Å². The summed E-state index contributed by atoms with van der Waals surface area (Å²) >= 11 is 0. The van der Waals surface area contributed by atoms with Gasteiger partial charge in [-0.05, 0) is 30.3 Å². The molecule has 3 heterocycles. The second-order valence-corrected chi connectivity index (χ2v) is 8.56. The lowest BCUT2D eigenvalue weighted by Gasteiger charge is -2.30. The fourth-order valence-corrected chi connectivity index (χ4v) is 4.33. The highest BCUT2D eigenvalue weighted by Gasteiger charge is 2.50. The summed E-state index contributed by atoms with van der Waals surface area (Å²) in [5, 5.41) is 2.46. The zero-order valence-electron chi connectivity index (χ0n) is 19.0. The number of amides is 2. The van der Waals surface area contributed by atoms with Gasteiger partial charge in [0.05, 0.1) is 24.5 Å². The van der Waals surface area contributed by atoms with Gasteiger partial charge in [0.15, 0.2) is 5.66 Å². The smallest absolute Gasteiger partial charge is 0.377 e. The van der Waals surface area contributed by atoms with Gasteiger partial charge in [-0.1, -0.05) is 36.4 Å². The third-order valence-electron chi connectivity index (χ3n) is 6.14. The largest absolute Gasteiger partial charge is 0.416 e. The number of carbonyl (C=O) groups excluding carboxylic acids is 2. The molecular weight excluding hydrogens is 473 g/mol. The molecule has 1 aromatic heterocycles. The Morgan fingerprint density at radius 3 is 2.50 bits per heavy atom. The highest BCUT2D eigenvalue weighted by molar-refractivity contribution is 6.47. The third kappa shape index (κ3) is 4.59. The highest BCUT2D eigenvalue weighted by Crippen LogP contribution is 2.35. The first-order chi connectivity index (χ1) is 17.2. The van der Waals surface area contributed by atoms with Crippen molar-refractivity contribution >= 4 is 23.2 Å². The summed E-state index contributed by atoms with van der Waals surface area (Å²) in [7, 11) is 0. The molecule has 2 amide bonds. The molecule has 1 saturated heterocycles. The van der Waals surface area contributed by atoms with Gasteiger partial charge in [-0.2, -0.15) is 13.2 Å². The van der Waals surface area contributed by atoms with E-state index in [-0.39, 0.29) is 24.6 Å². The Hall–Kier alpha value is -4.05. The topological polar surface area (TPSA) is 83.9 Å². The predicted molar refractivity (Wildman–Crippen MR) is 126 cm³/mol. The van der Waals surface area contributed by atoms with Crippen molar-refractivity contribution in [3.8, 4) is 11.3 Å². The van der Waals surface area contributed by atoms with Crippen molar-refractivity contribution in [3.63, 3.8) is 0 Å². The van der Waals surface area contributed by atoms with E-state index >= 15 is 0 Å². The van der Waals surface area contributed by atoms with Crippen molar-refractivity contribution in [2.45, 2.75) is 18.3 Å². The number of anilines is 1. The molecule has 7 nitrogen and oxygen atoms in total. The first-order valence-corrected chi connectivity index (χ1v) is 11.2. The molecular formula is C26H21F3N4O3. The van der Waals surface area contributed by atoms with Crippen LogP contribution < -0.4 is 5.32 Å². The SMILES string of the molecule is O=C(CN1C(=O)C(c2ccc(-c3ccccn3)cc2)=NC12CCOC2)Nc1cccc(C(F)(F)F)c1. The molecule has 36 heavy (non-hydrogen) atoms. The van der Waals surface area contributed by atoms with Gasteiger partial charge < -0.3 is 15.0 Å². The molecule has 1 N–H and O–H groups in total. The van der Waals surface area contributed by atoms with E-state index in [0.29, 0.717) is 18.6 Å². The van der Waals surface area contributed by atoms with Crippen molar-refractivity contribution in [3.05, 3.63) is 84.1 Å². The molecule has 0 aliphatic carbocycles. The molecule has 1 fully saturated rings. The summed E-state index contributed by atoms with van der Waals surface area (Å²) in [6, 6.07) is 17.2. The highest BCUT2D eigenvalue weighted by atomic mass is 19.4. The fraction of sp³-hybridized carbons (Fsp3) is 0.231. The average molecular weight is 494 g/mol. The van der Waals surface area contributed by atoms with Crippen LogP contribution in [0.4, 0.5) is 18.9 Å². The van der Waals surface area contributed by atoms with Crippen LogP contribution in [0.15, 0.2) is 77.9 Å². The molecule has 1 unspecified atom stereocenters. The van der Waals surface area contributed by atoms with Crippen LogP contribution in [0.25, 0.3) is 11.3 Å². The summed E-state index contributed by atoms with van der Waals surface area (Å²) in [5.41, 5.74) is 0.546. The second-order valence-electron chi connectivity index (χ2n) is 8.56. The number of hydrogen-bond acceptors (Lipinski definition) is 5. The average Bonchev–Trinajstić information content (AvgIpc) is 3.45. The molecule has 0 saturated carbocycles. The monoisotopic (exact) mass is 494 g/mol. The minimum absolute atomic E-state index is 0.00977. The maximum atomic E-state index is 13.4. The molecule has 3 aromatic rings. The molecule has 1 spiro atoms. The number of aromatic nitrogens is 1. The quantitative estimate of drug-likeness (QED) is 0.578. The summed E-state index contributed by atoms with van der Waals surface area (Å²) in [6.07, 6.45) is -2.43. The zero-order valence-corrected chi connectivity index (χ0v) is 19.0. The van der Waals surface area contributed by atoms with Crippen LogP contribution in [-0.2, 0) is 20.5 Å². The Balaban J connectivity index is 1.35. The van der Waals surface area contributed by atoms with Gasteiger partial charge in [0.2, 0.25) is 5.91 Å². The number of hydrogen-bond donors (Lipinski definition) is 1. The minimum Gasteiger partial charge on any atom is -0.377 e. The minimum atomic E-state index is -4.54. The van der Waals surface area contributed by atoms with Crippen molar-refractivity contribution in [1.29, 1.82) is 0 Å². The fourth-order valence-electron chi connectivity index (χ4n) is 4.33. The molecule has 0 radical (unpaired) electrons. The Morgan fingerprint density at radius 2 is 1.83 bits per heavy atom. The summed E-state index contributed by atoms with van der Waals surface area (Å²) in [6.45, 7) is 0.122. The van der Waals surface area contributed by atoms with Gasteiger partial charge in [-0.25, -0.2) is 4.99 Å². The first kappa shape index (κ1) is 23.7. The van der Waals surface area contributed by atoms with Crippen molar-refractivity contribution in [2.75, 3.05) is 25.1 Å². The molecule has 2 aliphatic rings. The number of halogens is 3. The van der Waals surface area contributed by atoms with E-state index < -0.39 is 29.2 Å². The van der Waals surface area contributed by atoms with Crippen LogP contribution in [0.1, 0.15) is 17.5 Å². The zero-order chi connectivity index (χ0) is 25.3. The Bertz CT molecular complexity index is 1320. The van der Waals surface area contributed by atoms with Crippen molar-refractivity contribution in [1.82, 2.24) is 9.88 Å². The van der Waals surface area contributed by atoms with Gasteiger partial charge in [-0.15, -0.1) is 0 Å². The van der Waals surface area contributed by atoms with E-state index in [1.54, 1.807) is 18.3 Å². The van der Waals surface area contributed by atoms with E-state index in [9.17, 15) is 22.8 Å². The first-order valence-electron chi connectivity index (χ1n) is 11.2. The normalized spacial score (nSPS) is 19.6. The second kappa shape index (κ2) is 9.19. The molecule has 2 aromatic carbocycles. The molecule has 184 valence electrons. The lowest BCUT2D eigenvalue weighted by Crippen LogP contribution is -2.50. The maximum absolute atomic E-state index is 13.4. The summed E-state index contributed by atoms with van der Waals surface area (Å²) in [5.74, 6) is -1.07. The van der Waals surface area contributed by atoms with E-state index in [1.807, 2.05) is 30.3 Å². The molecule has 10 heteroatoms.